The van der Waals surface area contributed by atoms with Crippen LogP contribution in [0.25, 0.3) is 0 Å². The van der Waals surface area contributed by atoms with Crippen LogP contribution in [-0.2, 0) is 0 Å². The van der Waals surface area contributed by atoms with Gasteiger partial charge in [-0.05, 0) is 57.0 Å². The average molecular weight is 396 g/mol. The van der Waals surface area contributed by atoms with E-state index in [4.69, 9.17) is 4.74 Å². The average Bonchev–Trinajstić information content (AvgIpc) is 2.68. The van der Waals surface area contributed by atoms with Crippen molar-refractivity contribution in [1.29, 1.82) is 5.26 Å². The molecular weight excluding hydrogens is 368 g/mol. The Morgan fingerprint density at radius 2 is 1.86 bits per heavy atom. The number of ether oxygens (including phenoxy) is 1. The van der Waals surface area contributed by atoms with E-state index in [0.717, 1.165) is 17.4 Å². The van der Waals surface area contributed by atoms with Crippen LogP contribution >= 0.6 is 0 Å². The molecule has 0 amide bonds. The Morgan fingerprint density at radius 3 is 2.41 bits per heavy atom. The number of aromatic hydroxyl groups is 1. The second-order valence-corrected chi connectivity index (χ2v) is 7.34. The van der Waals surface area contributed by atoms with E-state index in [1.807, 2.05) is 6.07 Å². The first kappa shape index (κ1) is 22.2. The Labute approximate surface area is 171 Å². The van der Waals surface area contributed by atoms with Gasteiger partial charge in [-0.2, -0.15) is 5.26 Å². The maximum Gasteiger partial charge on any atom is 0.271 e. The molecule has 0 saturated carbocycles. The molecule has 0 unspecified atom stereocenters. The highest BCUT2D eigenvalue weighted by atomic mass is 16.5. The van der Waals surface area contributed by atoms with Gasteiger partial charge in [0.2, 0.25) is 5.88 Å². The number of aromatic nitrogens is 1. The largest absolute Gasteiger partial charge is 0.494 e. The van der Waals surface area contributed by atoms with Crippen LogP contribution in [0.2, 0.25) is 0 Å². The van der Waals surface area contributed by atoms with Crippen molar-refractivity contribution >= 4 is 5.78 Å². The normalized spacial score (nSPS) is 10.8. The van der Waals surface area contributed by atoms with E-state index in [1.54, 1.807) is 38.1 Å². The monoisotopic (exact) mass is 396 g/mol. The molecule has 0 atom stereocenters. The quantitative estimate of drug-likeness (QED) is 0.497. The molecule has 0 aliphatic heterocycles. The van der Waals surface area contributed by atoms with Crippen LogP contribution < -0.4 is 10.3 Å². The Bertz CT molecular complexity index is 966. The first-order valence-electron chi connectivity index (χ1n) is 9.99. The van der Waals surface area contributed by atoms with Gasteiger partial charge in [-0.25, -0.2) is 0 Å². The molecule has 0 aliphatic rings. The van der Waals surface area contributed by atoms with Gasteiger partial charge in [0.25, 0.3) is 5.56 Å². The van der Waals surface area contributed by atoms with Crippen LogP contribution in [0.3, 0.4) is 0 Å². The molecule has 2 rings (SSSR count). The number of nitrogens with zero attached hydrogens (tertiary/aromatic N) is 2. The fourth-order valence-corrected chi connectivity index (χ4v) is 3.24. The van der Waals surface area contributed by atoms with E-state index in [-0.39, 0.29) is 16.7 Å². The second-order valence-electron chi connectivity index (χ2n) is 7.34. The summed E-state index contributed by atoms with van der Waals surface area (Å²) in [5, 5.41) is 20.0. The van der Waals surface area contributed by atoms with Crippen LogP contribution in [0.1, 0.15) is 79.5 Å². The third-order valence-corrected chi connectivity index (χ3v) is 4.87. The standard InChI is InChI=1S/C23H28N2O4/c1-5-6-7-8-13-29-18-11-9-17(10-12-18)21(26)20-16(4)19(14-24)22(27)25(15(2)3)23(20)28/h9-12,15,28H,5-8,13H2,1-4H3. The zero-order valence-corrected chi connectivity index (χ0v) is 17.5. The number of benzene rings is 1. The van der Waals surface area contributed by atoms with Gasteiger partial charge in [0.1, 0.15) is 17.4 Å². The molecule has 0 spiro atoms. The van der Waals surface area contributed by atoms with Crippen molar-refractivity contribution in [2.75, 3.05) is 6.61 Å². The molecule has 1 heterocycles. The zero-order valence-electron chi connectivity index (χ0n) is 17.5. The lowest BCUT2D eigenvalue weighted by atomic mass is 9.97. The molecule has 0 radical (unpaired) electrons. The van der Waals surface area contributed by atoms with Crippen LogP contribution in [-0.4, -0.2) is 22.1 Å². The predicted octanol–water partition coefficient (Wildman–Crippen LogP) is 4.51. The summed E-state index contributed by atoms with van der Waals surface area (Å²) < 4.78 is 6.77. The number of hydrogen-bond donors (Lipinski definition) is 1. The van der Waals surface area contributed by atoms with Gasteiger partial charge >= 0.3 is 0 Å². The minimum atomic E-state index is -0.596. The van der Waals surface area contributed by atoms with Crippen molar-refractivity contribution in [1.82, 2.24) is 4.57 Å². The van der Waals surface area contributed by atoms with E-state index in [2.05, 4.69) is 6.92 Å². The molecule has 29 heavy (non-hydrogen) atoms. The number of pyridine rings is 1. The molecule has 6 nitrogen and oxygen atoms in total. The second kappa shape index (κ2) is 9.92. The fraction of sp³-hybridized carbons (Fsp3) is 0.435. The van der Waals surface area contributed by atoms with Gasteiger partial charge in [-0.1, -0.05) is 26.2 Å². The lowest BCUT2D eigenvalue weighted by molar-refractivity contribution is 0.103. The molecular formula is C23H28N2O4. The summed E-state index contributed by atoms with van der Waals surface area (Å²) in [6, 6.07) is 8.14. The van der Waals surface area contributed by atoms with Crippen LogP contribution in [0.5, 0.6) is 11.6 Å². The molecule has 0 saturated heterocycles. The maximum atomic E-state index is 13.1. The minimum absolute atomic E-state index is 0.0249. The number of nitriles is 1. The number of carbonyl (C=O) groups excluding carboxylic acids is 1. The maximum absolute atomic E-state index is 13.1. The SMILES string of the molecule is CCCCCCOc1ccc(C(=O)c2c(C)c(C#N)c(=O)n(C(C)C)c2O)cc1. The topological polar surface area (TPSA) is 92.3 Å². The summed E-state index contributed by atoms with van der Waals surface area (Å²) in [5.74, 6) is -0.188. The Morgan fingerprint density at radius 1 is 1.21 bits per heavy atom. The zero-order chi connectivity index (χ0) is 21.6. The van der Waals surface area contributed by atoms with Crippen molar-refractivity contribution in [3.05, 3.63) is 56.9 Å². The van der Waals surface area contributed by atoms with Crippen LogP contribution in [0, 0.1) is 18.3 Å². The highest BCUT2D eigenvalue weighted by Gasteiger charge is 2.25. The molecule has 6 heteroatoms. The number of rotatable bonds is 9. The third-order valence-electron chi connectivity index (χ3n) is 4.87. The summed E-state index contributed by atoms with van der Waals surface area (Å²) in [4.78, 5) is 25.5. The van der Waals surface area contributed by atoms with Gasteiger partial charge < -0.3 is 9.84 Å². The molecule has 0 aliphatic carbocycles. The molecule has 1 N–H and O–H groups in total. The highest BCUT2D eigenvalue weighted by Crippen LogP contribution is 2.27. The summed E-state index contributed by atoms with van der Waals surface area (Å²) >= 11 is 0. The lowest BCUT2D eigenvalue weighted by Gasteiger charge is -2.18. The van der Waals surface area contributed by atoms with Crippen molar-refractivity contribution in [3.63, 3.8) is 0 Å². The van der Waals surface area contributed by atoms with E-state index < -0.39 is 23.3 Å². The molecule has 2 aromatic rings. The number of carbonyl (C=O) groups is 1. The van der Waals surface area contributed by atoms with Gasteiger partial charge in [-0.3, -0.25) is 14.2 Å². The van der Waals surface area contributed by atoms with Crippen molar-refractivity contribution in [3.8, 4) is 17.7 Å². The van der Waals surface area contributed by atoms with E-state index in [9.17, 15) is 20.0 Å². The molecule has 1 aromatic carbocycles. The van der Waals surface area contributed by atoms with Gasteiger partial charge in [0.15, 0.2) is 5.78 Å². The summed E-state index contributed by atoms with van der Waals surface area (Å²) in [6.45, 7) is 7.70. The lowest BCUT2D eigenvalue weighted by Crippen LogP contribution is -2.28. The Hall–Kier alpha value is -3.07. The highest BCUT2D eigenvalue weighted by molar-refractivity contribution is 6.11. The smallest absolute Gasteiger partial charge is 0.271 e. The van der Waals surface area contributed by atoms with Crippen molar-refractivity contribution < 1.29 is 14.6 Å². The summed E-state index contributed by atoms with van der Waals surface area (Å²) in [5.41, 5.74) is -0.219. The van der Waals surface area contributed by atoms with E-state index >= 15 is 0 Å². The molecule has 154 valence electrons. The van der Waals surface area contributed by atoms with Crippen molar-refractivity contribution in [2.24, 2.45) is 0 Å². The number of ketones is 1. The number of hydrogen-bond acceptors (Lipinski definition) is 5. The minimum Gasteiger partial charge on any atom is -0.494 e. The third kappa shape index (κ3) is 4.86. The predicted molar refractivity (Wildman–Crippen MR) is 112 cm³/mol. The first-order valence-corrected chi connectivity index (χ1v) is 9.99. The fourth-order valence-electron chi connectivity index (χ4n) is 3.24. The molecule has 1 aromatic heterocycles. The number of unbranched alkanes of at least 4 members (excludes halogenated alkanes) is 3. The molecule has 0 bridgehead atoms. The van der Waals surface area contributed by atoms with Gasteiger partial charge in [0, 0.05) is 11.6 Å². The van der Waals surface area contributed by atoms with Crippen LogP contribution in [0.15, 0.2) is 29.1 Å². The Balaban J connectivity index is 2.32. The van der Waals surface area contributed by atoms with Crippen molar-refractivity contribution in [2.45, 2.75) is 59.4 Å². The van der Waals surface area contributed by atoms with Crippen LogP contribution in [0.4, 0.5) is 0 Å². The molecule has 0 fully saturated rings. The summed E-state index contributed by atoms with van der Waals surface area (Å²) in [6.07, 6.45) is 4.46. The Kier molecular flexibility index (Phi) is 7.60. The van der Waals surface area contributed by atoms with Gasteiger partial charge in [-0.15, -0.1) is 0 Å². The summed E-state index contributed by atoms with van der Waals surface area (Å²) in [7, 11) is 0. The van der Waals surface area contributed by atoms with E-state index in [1.165, 1.54) is 19.8 Å². The first-order chi connectivity index (χ1) is 13.8. The van der Waals surface area contributed by atoms with E-state index in [0.29, 0.717) is 17.9 Å². The van der Waals surface area contributed by atoms with Gasteiger partial charge in [0.05, 0.1) is 12.2 Å².